The van der Waals surface area contributed by atoms with Gasteiger partial charge >= 0.3 is 13.5 Å². The molecule has 1 aromatic carbocycles. The highest BCUT2D eigenvalue weighted by Crippen LogP contribution is 2.24. The zero-order chi connectivity index (χ0) is 17.6. The number of rotatable bonds is 7. The van der Waals surface area contributed by atoms with E-state index in [1.807, 2.05) is 0 Å². The molecule has 0 bridgehead atoms. The van der Waals surface area contributed by atoms with Crippen LogP contribution in [0.1, 0.15) is 19.8 Å². The van der Waals surface area contributed by atoms with Crippen LogP contribution in [0.2, 0.25) is 0 Å². The maximum Gasteiger partial charge on any atom is 0.573 e. The molecule has 0 aromatic heterocycles. The Balaban J connectivity index is 1.84. The molecule has 9 heteroatoms. The van der Waals surface area contributed by atoms with Crippen molar-refractivity contribution in [1.82, 2.24) is 0 Å². The van der Waals surface area contributed by atoms with Gasteiger partial charge in [-0.25, -0.2) is 4.39 Å². The van der Waals surface area contributed by atoms with Crippen LogP contribution in [0.15, 0.2) is 18.2 Å². The molecule has 134 valence electrons. The van der Waals surface area contributed by atoms with Gasteiger partial charge in [0.25, 0.3) is 0 Å². The van der Waals surface area contributed by atoms with Crippen molar-refractivity contribution in [3.05, 3.63) is 24.0 Å². The zero-order valence-electron chi connectivity index (χ0n) is 13.3. The van der Waals surface area contributed by atoms with E-state index in [9.17, 15) is 17.6 Å². The Morgan fingerprint density at radius 1 is 1.25 bits per heavy atom. The van der Waals surface area contributed by atoms with Gasteiger partial charge in [-0.15, -0.1) is 13.2 Å². The minimum absolute atomic E-state index is 0.0794. The minimum atomic E-state index is -4.94. The number of unbranched alkanes of at least 4 members (excludes halogenated alkanes) is 1. The molecule has 1 aliphatic heterocycles. The largest absolute Gasteiger partial charge is 0.573 e. The molecular formula is C15H19BF4O4. The van der Waals surface area contributed by atoms with Crippen LogP contribution in [0, 0.1) is 11.7 Å². The van der Waals surface area contributed by atoms with Gasteiger partial charge in [-0.05, 0) is 24.0 Å². The van der Waals surface area contributed by atoms with Gasteiger partial charge in [-0.2, -0.15) is 0 Å². The first-order chi connectivity index (χ1) is 11.4. The van der Waals surface area contributed by atoms with Crippen molar-refractivity contribution in [1.29, 1.82) is 0 Å². The van der Waals surface area contributed by atoms with Crippen LogP contribution in [0.25, 0.3) is 0 Å². The lowest BCUT2D eigenvalue weighted by Crippen LogP contribution is -2.45. The Morgan fingerprint density at radius 2 is 1.96 bits per heavy atom. The van der Waals surface area contributed by atoms with Crippen LogP contribution < -0.4 is 10.2 Å². The maximum atomic E-state index is 13.7. The summed E-state index contributed by atoms with van der Waals surface area (Å²) in [6, 6.07) is 3.11. The summed E-state index contributed by atoms with van der Waals surface area (Å²) in [7, 11) is -0.814. The molecule has 1 aromatic rings. The summed E-state index contributed by atoms with van der Waals surface area (Å²) in [6.45, 7) is 4.02. The molecule has 0 saturated carbocycles. The lowest BCUT2D eigenvalue weighted by atomic mass is 9.77. The van der Waals surface area contributed by atoms with Crippen molar-refractivity contribution in [3.8, 4) is 5.75 Å². The SMILES string of the molecule is CCCCOCC1COB(c2ccc(OC(F)(F)F)c(F)c2)OC1. The topological polar surface area (TPSA) is 36.9 Å². The summed E-state index contributed by atoms with van der Waals surface area (Å²) in [4.78, 5) is 0. The number of halogens is 4. The average Bonchev–Trinajstić information content (AvgIpc) is 2.53. The number of alkyl halides is 3. The van der Waals surface area contributed by atoms with E-state index in [0.29, 0.717) is 31.9 Å². The maximum absolute atomic E-state index is 13.7. The van der Waals surface area contributed by atoms with E-state index in [-0.39, 0.29) is 5.92 Å². The fourth-order valence-corrected chi connectivity index (χ4v) is 2.20. The van der Waals surface area contributed by atoms with Gasteiger partial charge in [0.1, 0.15) is 0 Å². The molecule has 0 aliphatic carbocycles. The standard InChI is InChI=1S/C15H19BF4O4/c1-2-3-6-21-8-11-9-22-16(23-10-11)12-4-5-14(13(17)7-12)24-15(18,19)20/h4-5,7,11H,2-3,6,8-10H2,1H3. The normalized spacial score (nSPS) is 16.5. The van der Waals surface area contributed by atoms with Crippen molar-refractivity contribution in [2.75, 3.05) is 26.4 Å². The summed E-state index contributed by atoms with van der Waals surface area (Å²) in [5.41, 5.74) is 0.298. The van der Waals surface area contributed by atoms with E-state index in [0.717, 1.165) is 25.0 Å². The van der Waals surface area contributed by atoms with Crippen molar-refractivity contribution in [2.24, 2.45) is 5.92 Å². The molecule has 1 fully saturated rings. The van der Waals surface area contributed by atoms with Gasteiger partial charge in [0, 0.05) is 25.7 Å². The summed E-state index contributed by atoms with van der Waals surface area (Å²) >= 11 is 0. The van der Waals surface area contributed by atoms with E-state index in [4.69, 9.17) is 14.0 Å². The summed E-state index contributed by atoms with van der Waals surface area (Å²) in [5.74, 6) is -1.93. The quantitative estimate of drug-likeness (QED) is 0.431. The first kappa shape index (κ1) is 19.0. The van der Waals surface area contributed by atoms with Crippen LogP contribution >= 0.6 is 0 Å². The van der Waals surface area contributed by atoms with Gasteiger partial charge < -0.3 is 18.8 Å². The van der Waals surface area contributed by atoms with Crippen molar-refractivity contribution in [3.63, 3.8) is 0 Å². The van der Waals surface area contributed by atoms with Crippen molar-refractivity contribution >= 4 is 12.6 Å². The number of hydrogen-bond donors (Lipinski definition) is 0. The van der Waals surface area contributed by atoms with Crippen LogP contribution in [0.5, 0.6) is 5.75 Å². The van der Waals surface area contributed by atoms with Gasteiger partial charge in [-0.3, -0.25) is 0 Å². The van der Waals surface area contributed by atoms with Crippen molar-refractivity contribution < 1.29 is 36.3 Å². The molecule has 24 heavy (non-hydrogen) atoms. The summed E-state index contributed by atoms with van der Waals surface area (Å²) < 4.78 is 70.1. The predicted molar refractivity (Wildman–Crippen MR) is 79.6 cm³/mol. The molecule has 0 amide bonds. The van der Waals surface area contributed by atoms with Gasteiger partial charge in [0.2, 0.25) is 0 Å². The van der Waals surface area contributed by atoms with Gasteiger partial charge in [-0.1, -0.05) is 19.4 Å². The molecule has 2 rings (SSSR count). The highest BCUT2D eigenvalue weighted by Gasteiger charge is 2.34. The highest BCUT2D eigenvalue weighted by molar-refractivity contribution is 6.61. The molecule has 1 saturated heterocycles. The average molecular weight is 350 g/mol. The smallest absolute Gasteiger partial charge is 0.407 e. The Kier molecular flexibility index (Phi) is 6.88. The van der Waals surface area contributed by atoms with Gasteiger partial charge in [0.15, 0.2) is 11.6 Å². The van der Waals surface area contributed by atoms with Crippen molar-refractivity contribution in [2.45, 2.75) is 26.1 Å². The first-order valence-corrected chi connectivity index (χ1v) is 7.75. The minimum Gasteiger partial charge on any atom is -0.407 e. The van der Waals surface area contributed by atoms with Crippen LogP contribution in [-0.2, 0) is 14.0 Å². The summed E-state index contributed by atoms with van der Waals surface area (Å²) in [5, 5.41) is 0. The Labute approximate surface area is 138 Å². The molecular weight excluding hydrogens is 331 g/mol. The fraction of sp³-hybridized carbons (Fsp3) is 0.600. The molecule has 0 N–H and O–H groups in total. The lowest BCUT2D eigenvalue weighted by molar-refractivity contribution is -0.275. The molecule has 1 aliphatic rings. The second-order valence-corrected chi connectivity index (χ2v) is 5.53. The van der Waals surface area contributed by atoms with E-state index in [2.05, 4.69) is 11.7 Å². The second kappa shape index (κ2) is 8.69. The number of benzene rings is 1. The Morgan fingerprint density at radius 3 is 2.54 bits per heavy atom. The highest BCUT2D eigenvalue weighted by atomic mass is 19.4. The second-order valence-electron chi connectivity index (χ2n) is 5.53. The number of hydrogen-bond acceptors (Lipinski definition) is 4. The van der Waals surface area contributed by atoms with Crippen LogP contribution in [0.3, 0.4) is 0 Å². The van der Waals surface area contributed by atoms with E-state index < -0.39 is 25.0 Å². The van der Waals surface area contributed by atoms with Crippen LogP contribution in [-0.4, -0.2) is 39.9 Å². The van der Waals surface area contributed by atoms with Crippen LogP contribution in [0.4, 0.5) is 17.6 Å². The lowest BCUT2D eigenvalue weighted by Gasteiger charge is -2.27. The molecule has 0 spiro atoms. The van der Waals surface area contributed by atoms with E-state index >= 15 is 0 Å². The summed E-state index contributed by atoms with van der Waals surface area (Å²) in [6.07, 6.45) is -2.90. The van der Waals surface area contributed by atoms with E-state index in [1.54, 1.807) is 0 Å². The molecule has 4 nitrogen and oxygen atoms in total. The zero-order valence-corrected chi connectivity index (χ0v) is 13.3. The number of ether oxygens (including phenoxy) is 2. The third-order valence-electron chi connectivity index (χ3n) is 3.42. The van der Waals surface area contributed by atoms with E-state index in [1.165, 1.54) is 6.07 Å². The molecule has 0 atom stereocenters. The fourth-order valence-electron chi connectivity index (χ4n) is 2.20. The Bertz CT molecular complexity index is 519. The molecule has 0 radical (unpaired) electrons. The Hall–Kier alpha value is -1.32. The van der Waals surface area contributed by atoms with Gasteiger partial charge in [0.05, 0.1) is 6.61 Å². The molecule has 1 heterocycles. The first-order valence-electron chi connectivity index (χ1n) is 7.75. The molecule has 0 unspecified atom stereocenters. The predicted octanol–water partition coefficient (Wildman–Crippen LogP) is 2.90. The third kappa shape index (κ3) is 5.96. The third-order valence-corrected chi connectivity index (χ3v) is 3.42. The monoisotopic (exact) mass is 350 g/mol.